The maximum atomic E-state index is 8.78. The molecular formula is C13H14N4. The lowest BCUT2D eigenvalue weighted by atomic mass is 10.1. The monoisotopic (exact) mass is 226 g/mol. The van der Waals surface area contributed by atoms with Crippen LogP contribution in [0.3, 0.4) is 0 Å². The molecule has 0 amide bonds. The Morgan fingerprint density at radius 3 is 3.12 bits per heavy atom. The van der Waals surface area contributed by atoms with E-state index in [1.807, 2.05) is 30.5 Å². The van der Waals surface area contributed by atoms with E-state index >= 15 is 0 Å². The second-order valence-corrected chi connectivity index (χ2v) is 3.77. The first-order valence-corrected chi connectivity index (χ1v) is 5.56. The third kappa shape index (κ3) is 3.44. The minimum Gasteiger partial charge on any atom is -0.349 e. The van der Waals surface area contributed by atoms with Crippen LogP contribution in [0.5, 0.6) is 0 Å². The maximum absolute atomic E-state index is 8.78. The standard InChI is InChI=1S/C13H14N4/c14-9-11-2-1-3-12(8-11)10-15-5-4-13-16-6-7-17-13/h1-3,6-8,15H,4-5,10H2,(H,16,17). The van der Waals surface area contributed by atoms with E-state index in [9.17, 15) is 0 Å². The molecule has 1 aromatic heterocycles. The van der Waals surface area contributed by atoms with Crippen LogP contribution in [-0.2, 0) is 13.0 Å². The lowest BCUT2D eigenvalue weighted by molar-refractivity contribution is 0.674. The lowest BCUT2D eigenvalue weighted by Crippen LogP contribution is -2.17. The summed E-state index contributed by atoms with van der Waals surface area (Å²) in [6.45, 7) is 1.64. The average Bonchev–Trinajstić information content (AvgIpc) is 2.88. The summed E-state index contributed by atoms with van der Waals surface area (Å²) in [5, 5.41) is 12.1. The van der Waals surface area contributed by atoms with Crippen molar-refractivity contribution in [1.29, 1.82) is 5.26 Å². The Morgan fingerprint density at radius 1 is 1.41 bits per heavy atom. The number of hydrogen-bond donors (Lipinski definition) is 2. The van der Waals surface area contributed by atoms with Crippen molar-refractivity contribution in [3.63, 3.8) is 0 Å². The van der Waals surface area contributed by atoms with Gasteiger partial charge in [-0.3, -0.25) is 0 Å². The molecule has 0 atom stereocenters. The fraction of sp³-hybridized carbons (Fsp3) is 0.231. The number of nitriles is 1. The first-order chi connectivity index (χ1) is 8.38. The highest BCUT2D eigenvalue weighted by Crippen LogP contribution is 2.03. The summed E-state index contributed by atoms with van der Waals surface area (Å²) in [5.41, 5.74) is 1.83. The van der Waals surface area contributed by atoms with Crippen LogP contribution in [0.1, 0.15) is 17.0 Å². The van der Waals surface area contributed by atoms with Crippen LogP contribution in [0.25, 0.3) is 0 Å². The molecule has 0 saturated carbocycles. The highest BCUT2D eigenvalue weighted by atomic mass is 14.9. The van der Waals surface area contributed by atoms with Crippen LogP contribution in [0.4, 0.5) is 0 Å². The van der Waals surface area contributed by atoms with Gasteiger partial charge < -0.3 is 10.3 Å². The largest absolute Gasteiger partial charge is 0.349 e. The van der Waals surface area contributed by atoms with Crippen LogP contribution in [0.15, 0.2) is 36.7 Å². The molecule has 0 aliphatic heterocycles. The first-order valence-electron chi connectivity index (χ1n) is 5.56. The van der Waals surface area contributed by atoms with Gasteiger partial charge in [0.25, 0.3) is 0 Å². The topological polar surface area (TPSA) is 64.5 Å². The summed E-state index contributed by atoms with van der Waals surface area (Å²) in [5.74, 6) is 0.989. The molecule has 1 heterocycles. The highest BCUT2D eigenvalue weighted by molar-refractivity contribution is 5.32. The van der Waals surface area contributed by atoms with Gasteiger partial charge in [0.2, 0.25) is 0 Å². The van der Waals surface area contributed by atoms with Gasteiger partial charge in [0, 0.05) is 31.9 Å². The third-order valence-electron chi connectivity index (χ3n) is 2.48. The molecule has 0 unspecified atom stereocenters. The lowest BCUT2D eigenvalue weighted by Gasteiger charge is -2.04. The van der Waals surface area contributed by atoms with Crippen LogP contribution in [0.2, 0.25) is 0 Å². The Morgan fingerprint density at radius 2 is 2.35 bits per heavy atom. The van der Waals surface area contributed by atoms with E-state index in [1.165, 1.54) is 0 Å². The molecule has 0 saturated heterocycles. The van der Waals surface area contributed by atoms with Crippen LogP contribution in [-0.4, -0.2) is 16.5 Å². The number of H-pyrrole nitrogens is 1. The van der Waals surface area contributed by atoms with Crippen molar-refractivity contribution in [2.24, 2.45) is 0 Å². The van der Waals surface area contributed by atoms with Crippen molar-refractivity contribution >= 4 is 0 Å². The molecule has 2 N–H and O–H groups in total. The van der Waals surface area contributed by atoms with Gasteiger partial charge in [0.15, 0.2) is 0 Å². The molecular weight excluding hydrogens is 212 g/mol. The zero-order valence-corrected chi connectivity index (χ0v) is 9.48. The fourth-order valence-electron chi connectivity index (χ4n) is 1.63. The van der Waals surface area contributed by atoms with Gasteiger partial charge in [-0.15, -0.1) is 0 Å². The summed E-state index contributed by atoms with van der Waals surface area (Å²) in [6.07, 6.45) is 4.46. The molecule has 0 aliphatic rings. The van der Waals surface area contributed by atoms with E-state index in [-0.39, 0.29) is 0 Å². The predicted octanol–water partition coefficient (Wildman–Crippen LogP) is 1.61. The molecule has 0 aliphatic carbocycles. The Bertz CT molecular complexity index is 496. The molecule has 2 aromatic rings. The molecule has 4 heteroatoms. The van der Waals surface area contributed by atoms with E-state index in [0.717, 1.165) is 30.9 Å². The molecule has 17 heavy (non-hydrogen) atoms. The van der Waals surface area contributed by atoms with E-state index < -0.39 is 0 Å². The Labute approximate surface area is 100 Å². The van der Waals surface area contributed by atoms with Crippen molar-refractivity contribution in [1.82, 2.24) is 15.3 Å². The Balaban J connectivity index is 1.76. The van der Waals surface area contributed by atoms with Gasteiger partial charge in [-0.2, -0.15) is 5.26 Å². The van der Waals surface area contributed by atoms with E-state index in [2.05, 4.69) is 21.4 Å². The van der Waals surface area contributed by atoms with Crippen LogP contribution < -0.4 is 5.32 Å². The second-order valence-electron chi connectivity index (χ2n) is 3.77. The Kier molecular flexibility index (Phi) is 3.90. The molecule has 0 bridgehead atoms. The van der Waals surface area contributed by atoms with Crippen LogP contribution in [0, 0.1) is 11.3 Å². The molecule has 0 radical (unpaired) electrons. The number of imidazole rings is 1. The minimum atomic E-state index is 0.704. The summed E-state index contributed by atoms with van der Waals surface area (Å²) >= 11 is 0. The maximum Gasteiger partial charge on any atom is 0.107 e. The SMILES string of the molecule is N#Cc1cccc(CNCCc2ncc[nH]2)c1. The van der Waals surface area contributed by atoms with E-state index in [1.54, 1.807) is 6.20 Å². The van der Waals surface area contributed by atoms with Gasteiger partial charge in [0.05, 0.1) is 11.6 Å². The van der Waals surface area contributed by atoms with Crippen molar-refractivity contribution in [2.45, 2.75) is 13.0 Å². The smallest absolute Gasteiger partial charge is 0.107 e. The number of benzene rings is 1. The fourth-order valence-corrected chi connectivity index (χ4v) is 1.63. The second kappa shape index (κ2) is 5.83. The number of aromatic nitrogens is 2. The predicted molar refractivity (Wildman–Crippen MR) is 65.2 cm³/mol. The van der Waals surface area contributed by atoms with Gasteiger partial charge >= 0.3 is 0 Å². The van der Waals surface area contributed by atoms with E-state index in [4.69, 9.17) is 5.26 Å². The molecule has 4 nitrogen and oxygen atoms in total. The summed E-state index contributed by atoms with van der Waals surface area (Å²) in [6, 6.07) is 9.77. The number of nitrogens with zero attached hydrogens (tertiary/aromatic N) is 2. The summed E-state index contributed by atoms with van der Waals surface area (Å²) in [7, 11) is 0. The van der Waals surface area contributed by atoms with Crippen molar-refractivity contribution in [2.75, 3.05) is 6.54 Å². The number of aromatic amines is 1. The molecule has 0 fully saturated rings. The number of rotatable bonds is 5. The zero-order chi connectivity index (χ0) is 11.9. The highest BCUT2D eigenvalue weighted by Gasteiger charge is 1.96. The average molecular weight is 226 g/mol. The Hall–Kier alpha value is -2.12. The number of hydrogen-bond acceptors (Lipinski definition) is 3. The first kappa shape index (κ1) is 11.4. The van der Waals surface area contributed by atoms with Gasteiger partial charge in [0.1, 0.15) is 5.82 Å². The van der Waals surface area contributed by atoms with E-state index in [0.29, 0.717) is 5.56 Å². The molecule has 86 valence electrons. The minimum absolute atomic E-state index is 0.704. The molecule has 1 aromatic carbocycles. The van der Waals surface area contributed by atoms with Crippen molar-refractivity contribution in [3.05, 3.63) is 53.6 Å². The third-order valence-corrected chi connectivity index (χ3v) is 2.48. The van der Waals surface area contributed by atoms with Crippen molar-refractivity contribution in [3.8, 4) is 6.07 Å². The van der Waals surface area contributed by atoms with Crippen molar-refractivity contribution < 1.29 is 0 Å². The molecule has 2 rings (SSSR count). The van der Waals surface area contributed by atoms with Gasteiger partial charge in [-0.25, -0.2) is 4.98 Å². The van der Waals surface area contributed by atoms with Gasteiger partial charge in [-0.05, 0) is 17.7 Å². The summed E-state index contributed by atoms with van der Waals surface area (Å²) in [4.78, 5) is 7.21. The zero-order valence-electron chi connectivity index (χ0n) is 9.48. The van der Waals surface area contributed by atoms with Gasteiger partial charge in [-0.1, -0.05) is 12.1 Å². The molecule has 0 spiro atoms. The number of nitrogens with one attached hydrogen (secondary N) is 2. The quantitative estimate of drug-likeness (QED) is 0.761. The van der Waals surface area contributed by atoms with Crippen LogP contribution >= 0.6 is 0 Å². The summed E-state index contributed by atoms with van der Waals surface area (Å²) < 4.78 is 0. The normalized spacial score (nSPS) is 10.1.